The Labute approximate surface area is 165 Å². The van der Waals surface area contributed by atoms with E-state index in [-0.39, 0.29) is 16.8 Å². The van der Waals surface area contributed by atoms with Gasteiger partial charge in [0.2, 0.25) is 5.43 Å². The number of aromatic nitrogens is 1. The topological polar surface area (TPSA) is 51.5 Å². The number of aromatic hydroxyl groups is 1. The predicted molar refractivity (Wildman–Crippen MR) is 115 cm³/mol. The van der Waals surface area contributed by atoms with Crippen molar-refractivity contribution < 1.29 is 9.84 Å². The van der Waals surface area contributed by atoms with Crippen LogP contribution in [0.3, 0.4) is 0 Å². The highest BCUT2D eigenvalue weighted by Crippen LogP contribution is 2.45. The van der Waals surface area contributed by atoms with Crippen molar-refractivity contribution in [3.05, 3.63) is 57.3 Å². The maximum atomic E-state index is 13.3. The molecule has 2 heterocycles. The average molecular weight is 377 g/mol. The third-order valence-corrected chi connectivity index (χ3v) is 5.74. The van der Waals surface area contributed by atoms with E-state index < -0.39 is 0 Å². The first-order chi connectivity index (χ1) is 13.2. The van der Waals surface area contributed by atoms with Gasteiger partial charge in [0.05, 0.1) is 16.4 Å². The lowest BCUT2D eigenvalue weighted by molar-refractivity contribution is 0.0828. The molecule has 0 unspecified atom stereocenters. The average Bonchev–Trinajstić information content (AvgIpc) is 2.64. The quantitative estimate of drug-likeness (QED) is 0.504. The molecule has 28 heavy (non-hydrogen) atoms. The summed E-state index contributed by atoms with van der Waals surface area (Å²) in [5.41, 5.74) is 4.13. The van der Waals surface area contributed by atoms with Crippen molar-refractivity contribution in [2.75, 3.05) is 0 Å². The minimum atomic E-state index is -0.303. The van der Waals surface area contributed by atoms with E-state index in [0.717, 1.165) is 34.3 Å². The largest absolute Gasteiger partial charge is 0.507 e. The van der Waals surface area contributed by atoms with Crippen molar-refractivity contribution in [1.29, 1.82) is 0 Å². The van der Waals surface area contributed by atoms with Gasteiger partial charge in [-0.1, -0.05) is 23.8 Å². The minimum absolute atomic E-state index is 0.0767. The standard InChI is InChI=1S/C24H27NO3/c1-14(2)10-11-16-20-19(21(26)15-8-6-7-9-18(15)25(20)5)22(27)17-12-13-24(3,4)28-23(16)17/h6-10,27H,11-13H2,1-5H3. The Kier molecular flexibility index (Phi) is 4.25. The van der Waals surface area contributed by atoms with Crippen LogP contribution in [0.2, 0.25) is 0 Å². The Morgan fingerprint density at radius 2 is 2.00 bits per heavy atom. The molecule has 146 valence electrons. The number of phenolic OH excluding ortho intramolecular Hbond substituents is 1. The fourth-order valence-corrected chi connectivity index (χ4v) is 4.21. The molecular weight excluding hydrogens is 350 g/mol. The second-order valence-corrected chi connectivity index (χ2v) is 8.61. The summed E-state index contributed by atoms with van der Waals surface area (Å²) in [4.78, 5) is 13.3. The van der Waals surface area contributed by atoms with Crippen LogP contribution in [0.1, 0.15) is 45.2 Å². The van der Waals surface area contributed by atoms with Crippen molar-refractivity contribution in [3.8, 4) is 11.5 Å². The summed E-state index contributed by atoms with van der Waals surface area (Å²) < 4.78 is 8.39. The van der Waals surface area contributed by atoms with Crippen molar-refractivity contribution >= 4 is 21.8 Å². The molecule has 0 atom stereocenters. The first-order valence-electron chi connectivity index (χ1n) is 9.82. The van der Waals surface area contributed by atoms with Gasteiger partial charge in [-0.15, -0.1) is 0 Å². The predicted octanol–water partition coefficient (Wildman–Crippen LogP) is 5.01. The van der Waals surface area contributed by atoms with Crippen molar-refractivity contribution in [2.45, 2.75) is 52.6 Å². The van der Waals surface area contributed by atoms with E-state index in [1.165, 1.54) is 5.57 Å². The SMILES string of the molecule is CC(C)=CCc1c2c(c(O)c3c(=O)c4ccccc4n(C)c13)CCC(C)(C)O2. The zero-order chi connectivity index (χ0) is 20.2. The minimum Gasteiger partial charge on any atom is -0.507 e. The molecule has 0 fully saturated rings. The van der Waals surface area contributed by atoms with Gasteiger partial charge >= 0.3 is 0 Å². The van der Waals surface area contributed by atoms with E-state index >= 15 is 0 Å². The Morgan fingerprint density at radius 1 is 1.29 bits per heavy atom. The Hall–Kier alpha value is -2.75. The lowest BCUT2D eigenvalue weighted by Gasteiger charge is -2.35. The van der Waals surface area contributed by atoms with E-state index in [4.69, 9.17) is 4.74 Å². The van der Waals surface area contributed by atoms with Crippen LogP contribution < -0.4 is 10.2 Å². The third kappa shape index (κ3) is 2.79. The summed E-state index contributed by atoms with van der Waals surface area (Å²) >= 11 is 0. The monoisotopic (exact) mass is 377 g/mol. The molecule has 0 aliphatic carbocycles. The molecular formula is C24H27NO3. The van der Waals surface area contributed by atoms with Gasteiger partial charge in [-0.3, -0.25) is 4.79 Å². The maximum absolute atomic E-state index is 13.3. The molecule has 3 aromatic rings. The summed E-state index contributed by atoms with van der Waals surface area (Å²) in [5.74, 6) is 0.817. The van der Waals surface area contributed by atoms with Crippen LogP contribution >= 0.6 is 0 Å². The number of nitrogens with zero attached hydrogens (tertiary/aromatic N) is 1. The zero-order valence-electron chi connectivity index (χ0n) is 17.2. The Bertz CT molecular complexity index is 1190. The van der Waals surface area contributed by atoms with E-state index in [0.29, 0.717) is 23.6 Å². The van der Waals surface area contributed by atoms with Gasteiger partial charge in [0.15, 0.2) is 0 Å². The number of aryl methyl sites for hydroxylation is 1. The van der Waals surface area contributed by atoms with Gasteiger partial charge in [-0.05, 0) is 59.1 Å². The van der Waals surface area contributed by atoms with E-state index in [2.05, 4.69) is 33.8 Å². The molecule has 4 rings (SSSR count). The molecule has 0 amide bonds. The highest BCUT2D eigenvalue weighted by molar-refractivity contribution is 6.00. The number of rotatable bonds is 2. The number of benzene rings is 2. The maximum Gasteiger partial charge on any atom is 0.200 e. The molecule has 1 aromatic heterocycles. The fourth-order valence-electron chi connectivity index (χ4n) is 4.21. The number of allylic oxidation sites excluding steroid dienone is 2. The second-order valence-electron chi connectivity index (χ2n) is 8.61. The summed E-state index contributed by atoms with van der Waals surface area (Å²) in [5, 5.41) is 12.1. The van der Waals surface area contributed by atoms with Crippen LogP contribution in [0.4, 0.5) is 0 Å². The molecule has 0 saturated heterocycles. The first-order valence-corrected chi connectivity index (χ1v) is 9.82. The smallest absolute Gasteiger partial charge is 0.200 e. The Balaban J connectivity index is 2.22. The number of phenols is 1. The van der Waals surface area contributed by atoms with Crippen LogP contribution in [-0.4, -0.2) is 15.3 Å². The lowest BCUT2D eigenvalue weighted by atomic mass is 9.88. The summed E-state index contributed by atoms with van der Waals surface area (Å²) in [7, 11) is 1.95. The van der Waals surface area contributed by atoms with Crippen LogP contribution in [0, 0.1) is 0 Å². The highest BCUT2D eigenvalue weighted by Gasteiger charge is 2.33. The summed E-state index contributed by atoms with van der Waals surface area (Å²) in [6.07, 6.45) is 4.30. The fraction of sp³-hybridized carbons (Fsp3) is 0.375. The number of hydrogen-bond donors (Lipinski definition) is 1. The summed E-state index contributed by atoms with van der Waals surface area (Å²) in [6, 6.07) is 7.57. The molecule has 0 saturated carbocycles. The van der Waals surface area contributed by atoms with Gasteiger partial charge in [0.25, 0.3) is 0 Å². The molecule has 1 aliphatic heterocycles. The van der Waals surface area contributed by atoms with Crippen molar-refractivity contribution in [2.24, 2.45) is 7.05 Å². The van der Waals surface area contributed by atoms with Gasteiger partial charge in [-0.25, -0.2) is 0 Å². The zero-order valence-corrected chi connectivity index (χ0v) is 17.2. The molecule has 4 nitrogen and oxygen atoms in total. The summed E-state index contributed by atoms with van der Waals surface area (Å²) in [6.45, 7) is 8.27. The number of hydrogen-bond acceptors (Lipinski definition) is 3. The molecule has 0 bridgehead atoms. The second kappa shape index (κ2) is 6.40. The normalized spacial score (nSPS) is 15.3. The van der Waals surface area contributed by atoms with Gasteiger partial charge < -0.3 is 14.4 Å². The molecule has 0 spiro atoms. The first kappa shape index (κ1) is 18.6. The van der Waals surface area contributed by atoms with Gasteiger partial charge in [0, 0.05) is 23.6 Å². The molecule has 1 aliphatic rings. The molecule has 1 N–H and O–H groups in total. The van der Waals surface area contributed by atoms with Crippen molar-refractivity contribution in [3.63, 3.8) is 0 Å². The highest BCUT2D eigenvalue weighted by atomic mass is 16.5. The van der Waals surface area contributed by atoms with Crippen LogP contribution in [-0.2, 0) is 19.9 Å². The lowest BCUT2D eigenvalue weighted by Crippen LogP contribution is -2.33. The van der Waals surface area contributed by atoms with Crippen LogP contribution in [0.15, 0.2) is 40.7 Å². The number of ether oxygens (including phenoxy) is 1. The van der Waals surface area contributed by atoms with Crippen LogP contribution in [0.25, 0.3) is 21.8 Å². The number of para-hydroxylation sites is 1. The van der Waals surface area contributed by atoms with E-state index in [1.807, 2.05) is 35.9 Å². The van der Waals surface area contributed by atoms with Crippen LogP contribution in [0.5, 0.6) is 11.5 Å². The molecule has 4 heteroatoms. The molecule has 0 radical (unpaired) electrons. The van der Waals surface area contributed by atoms with E-state index in [1.54, 1.807) is 0 Å². The van der Waals surface area contributed by atoms with Gasteiger partial charge in [0.1, 0.15) is 17.1 Å². The van der Waals surface area contributed by atoms with E-state index in [9.17, 15) is 9.90 Å². The Morgan fingerprint density at radius 3 is 2.71 bits per heavy atom. The molecule has 2 aromatic carbocycles. The third-order valence-electron chi connectivity index (χ3n) is 5.74. The number of pyridine rings is 1. The van der Waals surface area contributed by atoms with Crippen molar-refractivity contribution in [1.82, 2.24) is 4.57 Å². The van der Waals surface area contributed by atoms with Gasteiger partial charge in [-0.2, -0.15) is 0 Å². The number of fused-ring (bicyclic) bond motifs is 3.